The monoisotopic (exact) mass is 324 g/mol. The van der Waals surface area contributed by atoms with Gasteiger partial charge >= 0.3 is 0 Å². The Kier molecular flexibility index (Phi) is 4.79. The Morgan fingerprint density at radius 3 is 2.42 bits per heavy atom. The predicted octanol–water partition coefficient (Wildman–Crippen LogP) is 4.39. The van der Waals surface area contributed by atoms with Gasteiger partial charge in [-0.25, -0.2) is 0 Å². The van der Waals surface area contributed by atoms with Crippen LogP contribution in [-0.4, -0.2) is 16.1 Å². The van der Waals surface area contributed by atoms with Crippen LogP contribution in [0.4, 0.5) is 17.3 Å². The zero-order valence-corrected chi connectivity index (χ0v) is 14.5. The smallest absolute Gasteiger partial charge is 0.228 e. The number of hydrogen-bond donors (Lipinski definition) is 2. The SMILES string of the molecule is Cc1cccc(C(C)C)c1Nc1ccc(NC(=O)C2CCC2)nn1. The third-order valence-corrected chi connectivity index (χ3v) is 4.57. The van der Waals surface area contributed by atoms with Gasteiger partial charge in [0.15, 0.2) is 11.6 Å². The Morgan fingerprint density at radius 1 is 1.12 bits per heavy atom. The van der Waals surface area contributed by atoms with Gasteiger partial charge in [-0.05, 0) is 48.9 Å². The van der Waals surface area contributed by atoms with Gasteiger partial charge in [0.05, 0.1) is 0 Å². The van der Waals surface area contributed by atoms with Crippen LogP contribution in [0.1, 0.15) is 50.2 Å². The molecule has 0 bridgehead atoms. The Labute approximate surface area is 142 Å². The molecular weight excluding hydrogens is 300 g/mol. The molecule has 1 aromatic carbocycles. The first kappa shape index (κ1) is 16.4. The van der Waals surface area contributed by atoms with E-state index in [0.29, 0.717) is 17.6 Å². The van der Waals surface area contributed by atoms with E-state index in [-0.39, 0.29) is 11.8 Å². The van der Waals surface area contributed by atoms with Crippen molar-refractivity contribution in [3.05, 3.63) is 41.5 Å². The normalized spacial score (nSPS) is 14.3. The van der Waals surface area contributed by atoms with E-state index in [1.54, 1.807) is 6.07 Å². The van der Waals surface area contributed by atoms with Crippen LogP contribution in [0.3, 0.4) is 0 Å². The second kappa shape index (κ2) is 6.99. The highest BCUT2D eigenvalue weighted by Gasteiger charge is 2.25. The topological polar surface area (TPSA) is 66.9 Å². The van der Waals surface area contributed by atoms with Crippen LogP contribution in [0.5, 0.6) is 0 Å². The average molecular weight is 324 g/mol. The van der Waals surface area contributed by atoms with Gasteiger partial charge in [0.1, 0.15) is 0 Å². The van der Waals surface area contributed by atoms with Gasteiger partial charge in [-0.1, -0.05) is 38.5 Å². The molecule has 0 aliphatic heterocycles. The minimum absolute atomic E-state index is 0.0530. The van der Waals surface area contributed by atoms with Gasteiger partial charge in [-0.15, -0.1) is 10.2 Å². The van der Waals surface area contributed by atoms with E-state index in [0.717, 1.165) is 24.9 Å². The van der Waals surface area contributed by atoms with Gasteiger partial charge in [0.25, 0.3) is 0 Å². The lowest BCUT2D eigenvalue weighted by molar-refractivity contribution is -0.122. The van der Waals surface area contributed by atoms with Crippen molar-refractivity contribution < 1.29 is 4.79 Å². The predicted molar refractivity (Wildman–Crippen MR) is 96.6 cm³/mol. The van der Waals surface area contributed by atoms with Crippen LogP contribution in [0.2, 0.25) is 0 Å². The number of aryl methyl sites for hydroxylation is 1. The summed E-state index contributed by atoms with van der Waals surface area (Å²) in [5.74, 6) is 1.79. The molecule has 1 amide bonds. The second-order valence-electron chi connectivity index (χ2n) is 6.74. The van der Waals surface area contributed by atoms with Gasteiger partial charge in [0.2, 0.25) is 5.91 Å². The molecule has 2 aromatic rings. The molecular formula is C19H24N4O. The van der Waals surface area contributed by atoms with Crippen LogP contribution in [0.25, 0.3) is 0 Å². The summed E-state index contributed by atoms with van der Waals surface area (Å²) in [6.07, 6.45) is 3.09. The lowest BCUT2D eigenvalue weighted by Gasteiger charge is -2.23. The van der Waals surface area contributed by atoms with Crippen LogP contribution in [-0.2, 0) is 4.79 Å². The summed E-state index contributed by atoms with van der Waals surface area (Å²) in [5, 5.41) is 14.5. The number of benzene rings is 1. The van der Waals surface area contributed by atoms with Crippen molar-refractivity contribution in [2.45, 2.75) is 46.0 Å². The van der Waals surface area contributed by atoms with E-state index in [9.17, 15) is 4.79 Å². The van der Waals surface area contributed by atoms with Crippen molar-refractivity contribution in [2.24, 2.45) is 5.92 Å². The molecule has 0 atom stereocenters. The molecule has 0 unspecified atom stereocenters. The fourth-order valence-electron chi connectivity index (χ4n) is 2.83. The molecule has 1 heterocycles. The number of nitrogens with one attached hydrogen (secondary N) is 2. The van der Waals surface area contributed by atoms with Crippen LogP contribution < -0.4 is 10.6 Å². The molecule has 2 N–H and O–H groups in total. The Hall–Kier alpha value is -2.43. The summed E-state index contributed by atoms with van der Waals surface area (Å²) < 4.78 is 0. The van der Waals surface area contributed by atoms with Crippen LogP contribution >= 0.6 is 0 Å². The number of para-hydroxylation sites is 1. The number of aromatic nitrogens is 2. The lowest BCUT2D eigenvalue weighted by Crippen LogP contribution is -2.28. The zero-order chi connectivity index (χ0) is 17.1. The molecule has 3 rings (SSSR count). The molecule has 126 valence electrons. The molecule has 0 spiro atoms. The molecule has 1 fully saturated rings. The maximum Gasteiger partial charge on any atom is 0.228 e. The molecule has 24 heavy (non-hydrogen) atoms. The average Bonchev–Trinajstić information content (AvgIpc) is 2.49. The summed E-state index contributed by atoms with van der Waals surface area (Å²) in [7, 11) is 0. The van der Waals surface area contributed by atoms with E-state index < -0.39 is 0 Å². The summed E-state index contributed by atoms with van der Waals surface area (Å²) in [6.45, 7) is 6.42. The van der Waals surface area contributed by atoms with Crippen LogP contribution in [0.15, 0.2) is 30.3 Å². The first-order valence-corrected chi connectivity index (χ1v) is 8.55. The van der Waals surface area contributed by atoms with Gasteiger partial charge < -0.3 is 10.6 Å². The third-order valence-electron chi connectivity index (χ3n) is 4.57. The Morgan fingerprint density at radius 2 is 1.83 bits per heavy atom. The van der Waals surface area contributed by atoms with E-state index in [2.05, 4.69) is 59.8 Å². The van der Waals surface area contributed by atoms with Gasteiger partial charge in [0, 0.05) is 11.6 Å². The highest BCUT2D eigenvalue weighted by atomic mass is 16.2. The molecule has 1 aromatic heterocycles. The summed E-state index contributed by atoms with van der Waals surface area (Å²) in [6, 6.07) is 9.91. The minimum Gasteiger partial charge on any atom is -0.338 e. The highest BCUT2D eigenvalue weighted by molar-refractivity contribution is 5.92. The second-order valence-corrected chi connectivity index (χ2v) is 6.74. The maximum absolute atomic E-state index is 11.9. The Balaban J connectivity index is 1.71. The molecule has 1 aliphatic rings. The number of amides is 1. The van der Waals surface area contributed by atoms with Crippen molar-refractivity contribution in [3.8, 4) is 0 Å². The van der Waals surface area contributed by atoms with E-state index >= 15 is 0 Å². The van der Waals surface area contributed by atoms with Crippen molar-refractivity contribution in [1.82, 2.24) is 10.2 Å². The maximum atomic E-state index is 11.9. The third kappa shape index (κ3) is 3.55. The lowest BCUT2D eigenvalue weighted by atomic mass is 9.85. The zero-order valence-electron chi connectivity index (χ0n) is 14.5. The van der Waals surface area contributed by atoms with Crippen molar-refractivity contribution >= 4 is 23.2 Å². The molecule has 5 nitrogen and oxygen atoms in total. The number of anilines is 3. The summed E-state index contributed by atoms with van der Waals surface area (Å²) in [4.78, 5) is 11.9. The number of carbonyl (C=O) groups excluding carboxylic acids is 1. The largest absolute Gasteiger partial charge is 0.338 e. The van der Waals surface area contributed by atoms with E-state index in [4.69, 9.17) is 0 Å². The van der Waals surface area contributed by atoms with Crippen molar-refractivity contribution in [3.63, 3.8) is 0 Å². The molecule has 0 radical (unpaired) electrons. The number of carbonyl (C=O) groups is 1. The van der Waals surface area contributed by atoms with Crippen molar-refractivity contribution in [1.29, 1.82) is 0 Å². The molecule has 0 saturated heterocycles. The molecule has 1 saturated carbocycles. The van der Waals surface area contributed by atoms with Crippen molar-refractivity contribution in [2.75, 3.05) is 10.6 Å². The van der Waals surface area contributed by atoms with E-state index in [1.165, 1.54) is 11.1 Å². The molecule has 5 heteroatoms. The molecule has 1 aliphatic carbocycles. The van der Waals surface area contributed by atoms with Gasteiger partial charge in [-0.3, -0.25) is 4.79 Å². The number of hydrogen-bond acceptors (Lipinski definition) is 4. The summed E-state index contributed by atoms with van der Waals surface area (Å²) in [5.41, 5.74) is 3.50. The highest BCUT2D eigenvalue weighted by Crippen LogP contribution is 2.30. The summed E-state index contributed by atoms with van der Waals surface area (Å²) >= 11 is 0. The fourth-order valence-corrected chi connectivity index (χ4v) is 2.83. The van der Waals surface area contributed by atoms with Gasteiger partial charge in [-0.2, -0.15) is 0 Å². The quantitative estimate of drug-likeness (QED) is 0.856. The minimum atomic E-state index is 0.0530. The fraction of sp³-hybridized carbons (Fsp3) is 0.421. The standard InChI is InChI=1S/C19H24N4O/c1-12(2)15-9-4-6-13(3)18(15)20-16-10-11-17(23-22-16)21-19(24)14-7-5-8-14/h4,6,9-12,14H,5,7-8H2,1-3H3,(H,20,22)(H,21,23,24). The number of nitrogens with zero attached hydrogens (tertiary/aromatic N) is 2. The first-order chi connectivity index (χ1) is 11.5. The van der Waals surface area contributed by atoms with Crippen LogP contribution in [0, 0.1) is 12.8 Å². The van der Waals surface area contributed by atoms with E-state index in [1.807, 2.05) is 6.07 Å². The first-order valence-electron chi connectivity index (χ1n) is 8.55. The Bertz CT molecular complexity index is 721. The number of rotatable bonds is 5.